The Balaban J connectivity index is 1.92. The highest BCUT2D eigenvalue weighted by Crippen LogP contribution is 2.26. The molecular formula is C8H16O2. The van der Waals surface area contributed by atoms with Gasteiger partial charge in [-0.05, 0) is 6.42 Å². The van der Waals surface area contributed by atoms with Gasteiger partial charge in [-0.1, -0.05) is 19.8 Å². The standard InChI is InChI=1S/C8H16O2/c1-3-4-5-7-8(10-7)6-9-2/h7-8H,3-6H2,1-2H3/t7-,8+/m0/s1. The maximum Gasteiger partial charge on any atom is 0.107 e. The topological polar surface area (TPSA) is 21.8 Å². The second kappa shape index (κ2) is 3.94. The molecule has 0 aromatic heterocycles. The normalized spacial score (nSPS) is 30.6. The molecule has 2 nitrogen and oxygen atoms in total. The predicted molar refractivity (Wildman–Crippen MR) is 40.1 cm³/mol. The van der Waals surface area contributed by atoms with Crippen molar-refractivity contribution in [1.29, 1.82) is 0 Å². The first-order valence-corrected chi connectivity index (χ1v) is 4.03. The zero-order valence-electron chi connectivity index (χ0n) is 6.80. The molecule has 0 unspecified atom stereocenters. The molecule has 1 aliphatic heterocycles. The lowest BCUT2D eigenvalue weighted by atomic mass is 10.2. The molecule has 1 saturated heterocycles. The highest BCUT2D eigenvalue weighted by Gasteiger charge is 2.37. The molecule has 2 heteroatoms. The third kappa shape index (κ3) is 2.27. The van der Waals surface area contributed by atoms with Crippen LogP contribution < -0.4 is 0 Å². The van der Waals surface area contributed by atoms with Crippen LogP contribution in [-0.2, 0) is 9.47 Å². The molecule has 0 N–H and O–H groups in total. The van der Waals surface area contributed by atoms with E-state index in [9.17, 15) is 0 Å². The first-order chi connectivity index (χ1) is 4.88. The molecule has 0 saturated carbocycles. The van der Waals surface area contributed by atoms with Gasteiger partial charge in [0.2, 0.25) is 0 Å². The van der Waals surface area contributed by atoms with E-state index in [1.165, 1.54) is 19.3 Å². The van der Waals surface area contributed by atoms with E-state index in [0.29, 0.717) is 12.2 Å². The summed E-state index contributed by atoms with van der Waals surface area (Å²) < 4.78 is 10.3. The molecule has 0 amide bonds. The molecule has 1 heterocycles. The lowest BCUT2D eigenvalue weighted by molar-refractivity contribution is 0.171. The van der Waals surface area contributed by atoms with E-state index in [4.69, 9.17) is 9.47 Å². The van der Waals surface area contributed by atoms with Crippen molar-refractivity contribution in [3.05, 3.63) is 0 Å². The number of hydrogen-bond donors (Lipinski definition) is 0. The van der Waals surface area contributed by atoms with Gasteiger partial charge in [-0.2, -0.15) is 0 Å². The Morgan fingerprint density at radius 1 is 1.40 bits per heavy atom. The van der Waals surface area contributed by atoms with Gasteiger partial charge in [0.05, 0.1) is 12.7 Å². The first-order valence-electron chi connectivity index (χ1n) is 4.03. The van der Waals surface area contributed by atoms with Crippen LogP contribution in [0, 0.1) is 0 Å². The SMILES string of the molecule is CCCC[C@@H]1O[C@@H]1COC. The number of methoxy groups -OCH3 is 1. The van der Waals surface area contributed by atoms with Gasteiger partial charge < -0.3 is 9.47 Å². The van der Waals surface area contributed by atoms with Gasteiger partial charge in [-0.3, -0.25) is 0 Å². The lowest BCUT2D eigenvalue weighted by Crippen LogP contribution is -2.01. The molecule has 2 atom stereocenters. The Hall–Kier alpha value is -0.0800. The summed E-state index contributed by atoms with van der Waals surface area (Å²) in [5.41, 5.74) is 0. The second-order valence-corrected chi connectivity index (χ2v) is 2.81. The van der Waals surface area contributed by atoms with Crippen molar-refractivity contribution in [2.24, 2.45) is 0 Å². The Kier molecular flexibility index (Phi) is 3.16. The highest BCUT2D eigenvalue weighted by molar-refractivity contribution is 4.83. The zero-order chi connectivity index (χ0) is 7.40. The van der Waals surface area contributed by atoms with Crippen molar-refractivity contribution in [3.8, 4) is 0 Å². The highest BCUT2D eigenvalue weighted by atomic mass is 16.6. The van der Waals surface area contributed by atoms with Crippen LogP contribution in [0.3, 0.4) is 0 Å². The summed E-state index contributed by atoms with van der Waals surface area (Å²) in [5, 5.41) is 0. The average molecular weight is 144 g/mol. The summed E-state index contributed by atoms with van der Waals surface area (Å²) in [6.07, 6.45) is 4.69. The molecule has 0 aliphatic carbocycles. The number of ether oxygens (including phenoxy) is 2. The summed E-state index contributed by atoms with van der Waals surface area (Å²) in [5.74, 6) is 0. The molecule has 1 rings (SSSR count). The number of hydrogen-bond acceptors (Lipinski definition) is 2. The van der Waals surface area contributed by atoms with Crippen LogP contribution in [0.15, 0.2) is 0 Å². The fourth-order valence-electron chi connectivity index (χ4n) is 1.15. The molecule has 60 valence electrons. The molecule has 0 spiro atoms. The van der Waals surface area contributed by atoms with Crippen LogP contribution in [-0.4, -0.2) is 25.9 Å². The molecule has 1 fully saturated rings. The summed E-state index contributed by atoms with van der Waals surface area (Å²) >= 11 is 0. The van der Waals surface area contributed by atoms with Crippen molar-refractivity contribution < 1.29 is 9.47 Å². The third-order valence-electron chi connectivity index (χ3n) is 1.86. The molecule has 10 heavy (non-hydrogen) atoms. The molecule has 0 aromatic carbocycles. The van der Waals surface area contributed by atoms with Gasteiger partial charge in [0.1, 0.15) is 6.10 Å². The van der Waals surface area contributed by atoms with Crippen LogP contribution in [0.1, 0.15) is 26.2 Å². The molecule has 0 aromatic rings. The minimum Gasteiger partial charge on any atom is -0.382 e. The Morgan fingerprint density at radius 2 is 2.20 bits per heavy atom. The summed E-state index contributed by atoms with van der Waals surface area (Å²) in [7, 11) is 1.72. The molecule has 1 aliphatic rings. The zero-order valence-corrected chi connectivity index (χ0v) is 6.80. The smallest absolute Gasteiger partial charge is 0.107 e. The van der Waals surface area contributed by atoms with Crippen molar-refractivity contribution in [3.63, 3.8) is 0 Å². The molecule has 0 bridgehead atoms. The number of epoxide rings is 1. The van der Waals surface area contributed by atoms with Crippen molar-refractivity contribution in [2.45, 2.75) is 38.4 Å². The Bertz CT molecular complexity index is 93.3. The molecule has 0 radical (unpaired) electrons. The van der Waals surface area contributed by atoms with Crippen molar-refractivity contribution in [2.75, 3.05) is 13.7 Å². The Labute approximate surface area is 62.5 Å². The maximum atomic E-state index is 5.33. The van der Waals surface area contributed by atoms with Crippen LogP contribution in [0.5, 0.6) is 0 Å². The van der Waals surface area contributed by atoms with E-state index in [0.717, 1.165) is 6.61 Å². The second-order valence-electron chi connectivity index (χ2n) is 2.81. The van der Waals surface area contributed by atoms with E-state index in [-0.39, 0.29) is 0 Å². The van der Waals surface area contributed by atoms with Crippen LogP contribution in [0.4, 0.5) is 0 Å². The predicted octanol–water partition coefficient (Wildman–Crippen LogP) is 1.59. The van der Waals surface area contributed by atoms with Gasteiger partial charge in [-0.25, -0.2) is 0 Å². The third-order valence-corrected chi connectivity index (χ3v) is 1.86. The minimum atomic E-state index is 0.413. The van der Waals surface area contributed by atoms with Crippen LogP contribution in [0.25, 0.3) is 0 Å². The van der Waals surface area contributed by atoms with Gasteiger partial charge in [0, 0.05) is 7.11 Å². The minimum absolute atomic E-state index is 0.413. The van der Waals surface area contributed by atoms with Crippen LogP contribution in [0.2, 0.25) is 0 Å². The van der Waals surface area contributed by atoms with Crippen molar-refractivity contribution in [1.82, 2.24) is 0 Å². The Morgan fingerprint density at radius 3 is 2.80 bits per heavy atom. The largest absolute Gasteiger partial charge is 0.382 e. The number of unbranched alkanes of at least 4 members (excludes halogenated alkanes) is 1. The fourth-order valence-corrected chi connectivity index (χ4v) is 1.15. The first kappa shape index (κ1) is 8.02. The number of rotatable bonds is 5. The van der Waals surface area contributed by atoms with E-state index in [1.54, 1.807) is 7.11 Å². The summed E-state index contributed by atoms with van der Waals surface area (Å²) in [6, 6.07) is 0. The summed E-state index contributed by atoms with van der Waals surface area (Å²) in [6.45, 7) is 2.97. The van der Waals surface area contributed by atoms with E-state index < -0.39 is 0 Å². The van der Waals surface area contributed by atoms with E-state index >= 15 is 0 Å². The van der Waals surface area contributed by atoms with Gasteiger partial charge >= 0.3 is 0 Å². The molecular weight excluding hydrogens is 128 g/mol. The average Bonchev–Trinajstić information content (AvgIpc) is 2.65. The van der Waals surface area contributed by atoms with Gasteiger partial charge in [0.25, 0.3) is 0 Å². The van der Waals surface area contributed by atoms with Gasteiger partial charge in [0.15, 0.2) is 0 Å². The fraction of sp³-hybridized carbons (Fsp3) is 1.00. The lowest BCUT2D eigenvalue weighted by Gasteiger charge is -1.91. The van der Waals surface area contributed by atoms with E-state index in [2.05, 4.69) is 6.92 Å². The van der Waals surface area contributed by atoms with Crippen LogP contribution >= 0.6 is 0 Å². The monoisotopic (exact) mass is 144 g/mol. The quantitative estimate of drug-likeness (QED) is 0.546. The van der Waals surface area contributed by atoms with Gasteiger partial charge in [-0.15, -0.1) is 0 Å². The maximum absolute atomic E-state index is 5.33. The van der Waals surface area contributed by atoms with Crippen molar-refractivity contribution >= 4 is 0 Å². The summed E-state index contributed by atoms with van der Waals surface area (Å²) in [4.78, 5) is 0. The van der Waals surface area contributed by atoms with E-state index in [1.807, 2.05) is 0 Å².